The molecule has 2 N–H and O–H groups in total. The van der Waals surface area contributed by atoms with Gasteiger partial charge in [0, 0.05) is 0 Å². The first-order chi connectivity index (χ1) is 10.3. The Morgan fingerprint density at radius 2 is 1.64 bits per heavy atom. The van der Waals surface area contributed by atoms with Gasteiger partial charge >= 0.3 is 23.1 Å². The number of hydrogen-bond donors (Lipinski definition) is 2. The monoisotopic (exact) mass is 338 g/mol. The Balaban J connectivity index is 0.000000344. The maximum absolute atomic E-state index is 13.2. The number of anilines is 2. The predicted octanol–water partition coefficient (Wildman–Crippen LogP) is 4.59. The second-order valence-electron chi connectivity index (χ2n) is 4.19. The Kier molecular flexibility index (Phi) is 7.68. The number of amides is 2. The summed E-state index contributed by atoms with van der Waals surface area (Å²) in [4.78, 5) is 11.4. The molecule has 0 aromatic heterocycles. The average molecular weight is 338 g/mol. The van der Waals surface area contributed by atoms with Gasteiger partial charge in [0.2, 0.25) is 0 Å². The normalized spacial score (nSPS) is 8.95. The minimum Gasteiger partial charge on any atom is -0.371 e. The maximum Gasteiger partial charge on any atom is 2.00 e. The van der Waals surface area contributed by atoms with Crippen molar-refractivity contribution < 1.29 is 26.3 Å². The van der Waals surface area contributed by atoms with Gasteiger partial charge in [0.1, 0.15) is 5.82 Å². The van der Waals surface area contributed by atoms with Gasteiger partial charge in [-0.2, -0.15) is 42.5 Å². The molecule has 0 radical (unpaired) electrons. The van der Waals surface area contributed by atoms with Gasteiger partial charge < -0.3 is 10.6 Å². The first-order valence-corrected chi connectivity index (χ1v) is 6.46. The van der Waals surface area contributed by atoms with Crippen LogP contribution in [-0.2, 0) is 17.1 Å². The second-order valence-corrected chi connectivity index (χ2v) is 4.19. The Morgan fingerprint density at radius 3 is 2.18 bits per heavy atom. The van der Waals surface area contributed by atoms with Crippen molar-refractivity contribution in [3.8, 4) is 0 Å². The molecule has 3 nitrogen and oxygen atoms in total. The van der Waals surface area contributed by atoms with E-state index in [0.29, 0.717) is 5.69 Å². The fourth-order valence-electron chi connectivity index (χ4n) is 1.63. The number of rotatable bonds is 2. The molecule has 0 heterocycles. The zero-order valence-corrected chi connectivity index (χ0v) is 12.7. The first-order valence-electron chi connectivity index (χ1n) is 6.46. The SMILES string of the molecule is O=C(Nc1cc[cH-]c1)Nc1ccccc1F.[Fe+2].c1cc[cH-]c1. The second kappa shape index (κ2) is 9.55. The summed E-state index contributed by atoms with van der Waals surface area (Å²) in [6.45, 7) is 0. The molecule has 0 spiro atoms. The van der Waals surface area contributed by atoms with Crippen LogP contribution in [0.4, 0.5) is 20.6 Å². The van der Waals surface area contributed by atoms with Gasteiger partial charge in [0.15, 0.2) is 0 Å². The van der Waals surface area contributed by atoms with Gasteiger partial charge in [0.05, 0.1) is 5.69 Å². The third-order valence-electron chi connectivity index (χ3n) is 2.60. The number of benzene rings is 1. The molecule has 0 unspecified atom stereocenters. The largest absolute Gasteiger partial charge is 2.00 e. The van der Waals surface area contributed by atoms with Crippen molar-refractivity contribution in [1.29, 1.82) is 0 Å². The van der Waals surface area contributed by atoms with E-state index in [-0.39, 0.29) is 22.8 Å². The minimum atomic E-state index is -0.462. The van der Waals surface area contributed by atoms with Gasteiger partial charge in [-0.1, -0.05) is 12.1 Å². The smallest absolute Gasteiger partial charge is 0.371 e. The molecule has 22 heavy (non-hydrogen) atoms. The van der Waals surface area contributed by atoms with E-state index in [0.717, 1.165) is 0 Å². The van der Waals surface area contributed by atoms with Crippen LogP contribution in [0.1, 0.15) is 0 Å². The fraction of sp³-hybridized carbons (Fsp3) is 0. The molecule has 0 aliphatic rings. The molecule has 0 saturated carbocycles. The van der Waals surface area contributed by atoms with Gasteiger partial charge in [-0.05, 0) is 12.1 Å². The fourth-order valence-corrected chi connectivity index (χ4v) is 1.63. The quantitative estimate of drug-likeness (QED) is 0.521. The third kappa shape index (κ3) is 5.95. The van der Waals surface area contributed by atoms with E-state index in [4.69, 9.17) is 0 Å². The number of carbonyl (C=O) groups excluding carboxylic acids is 1. The Bertz CT molecular complexity index is 634. The summed E-state index contributed by atoms with van der Waals surface area (Å²) < 4.78 is 13.2. The van der Waals surface area contributed by atoms with Crippen LogP contribution in [-0.4, -0.2) is 6.03 Å². The molecule has 0 fully saturated rings. The molecule has 3 rings (SSSR count). The average Bonchev–Trinajstić information content (AvgIpc) is 3.16. The van der Waals surface area contributed by atoms with Crippen LogP contribution in [0.25, 0.3) is 0 Å². The zero-order chi connectivity index (χ0) is 14.9. The number of halogens is 1. The van der Waals surface area contributed by atoms with E-state index < -0.39 is 11.8 Å². The van der Waals surface area contributed by atoms with Crippen molar-refractivity contribution >= 4 is 17.4 Å². The van der Waals surface area contributed by atoms with Gasteiger partial charge in [-0.25, -0.2) is 21.3 Å². The molecule has 0 atom stereocenters. The molecular formula is C17H15FFeN2O. The molecule has 0 aliphatic heterocycles. The number of para-hydroxylation sites is 1. The summed E-state index contributed by atoms with van der Waals surface area (Å²) in [5.74, 6) is -0.458. The van der Waals surface area contributed by atoms with Crippen molar-refractivity contribution in [2.75, 3.05) is 10.6 Å². The van der Waals surface area contributed by atoms with Crippen molar-refractivity contribution in [2.45, 2.75) is 0 Å². The van der Waals surface area contributed by atoms with E-state index >= 15 is 0 Å². The standard InChI is InChI=1S/C12H10FN2O.C5H5.Fe/c13-10-7-3-4-8-11(10)15-12(16)14-9-5-1-2-6-9;1-2-4-5-3-1;/h1-8H,(H2,14,15,16);1-5H;/q2*-1;+2. The topological polar surface area (TPSA) is 41.1 Å². The van der Waals surface area contributed by atoms with Crippen LogP contribution in [0.5, 0.6) is 0 Å². The summed E-state index contributed by atoms with van der Waals surface area (Å²) in [7, 11) is 0. The first kappa shape index (κ1) is 17.7. The van der Waals surface area contributed by atoms with E-state index in [9.17, 15) is 9.18 Å². The Morgan fingerprint density at radius 1 is 0.909 bits per heavy atom. The molecule has 0 bridgehead atoms. The van der Waals surface area contributed by atoms with Gasteiger partial charge in [0.25, 0.3) is 0 Å². The van der Waals surface area contributed by atoms with Gasteiger partial charge in [-0.15, -0.1) is 5.69 Å². The number of hydrogen-bond acceptors (Lipinski definition) is 1. The number of carbonyl (C=O) groups is 1. The molecule has 5 heteroatoms. The van der Waals surface area contributed by atoms with Crippen LogP contribution >= 0.6 is 0 Å². The zero-order valence-electron chi connectivity index (χ0n) is 11.6. The van der Waals surface area contributed by atoms with Crippen LogP contribution in [0.15, 0.2) is 78.9 Å². The molecule has 0 aliphatic carbocycles. The predicted molar refractivity (Wildman–Crippen MR) is 83.1 cm³/mol. The van der Waals surface area contributed by atoms with Crippen molar-refractivity contribution in [1.82, 2.24) is 0 Å². The summed E-state index contributed by atoms with van der Waals surface area (Å²) in [6.07, 6.45) is 0. The van der Waals surface area contributed by atoms with E-state index in [1.165, 1.54) is 12.1 Å². The van der Waals surface area contributed by atoms with Gasteiger partial charge in [-0.3, -0.25) is 0 Å². The molecule has 3 aromatic carbocycles. The third-order valence-corrected chi connectivity index (χ3v) is 2.60. The maximum atomic E-state index is 13.2. The van der Waals surface area contributed by atoms with E-state index in [1.807, 2.05) is 30.3 Å². The summed E-state index contributed by atoms with van der Waals surface area (Å²) in [5, 5.41) is 5.00. The summed E-state index contributed by atoms with van der Waals surface area (Å²) in [6, 6.07) is 22.7. The Labute approximate surface area is 139 Å². The van der Waals surface area contributed by atoms with Crippen molar-refractivity contribution in [3.05, 3.63) is 84.7 Å². The Hall–Kier alpha value is -2.36. The molecule has 114 valence electrons. The van der Waals surface area contributed by atoms with Crippen LogP contribution in [0.3, 0.4) is 0 Å². The number of urea groups is 1. The van der Waals surface area contributed by atoms with Crippen LogP contribution in [0.2, 0.25) is 0 Å². The number of nitrogens with one attached hydrogen (secondary N) is 2. The van der Waals surface area contributed by atoms with Crippen molar-refractivity contribution in [3.63, 3.8) is 0 Å². The molecule has 3 aromatic rings. The molecular weight excluding hydrogens is 323 g/mol. The van der Waals surface area contributed by atoms with Crippen LogP contribution < -0.4 is 10.6 Å². The summed E-state index contributed by atoms with van der Waals surface area (Å²) in [5.41, 5.74) is 0.834. The molecule has 0 saturated heterocycles. The van der Waals surface area contributed by atoms with Crippen LogP contribution in [0, 0.1) is 5.82 Å². The molecule has 2 amide bonds. The van der Waals surface area contributed by atoms with E-state index in [2.05, 4.69) is 10.6 Å². The summed E-state index contributed by atoms with van der Waals surface area (Å²) >= 11 is 0. The minimum absolute atomic E-state index is 0. The van der Waals surface area contributed by atoms with Crippen molar-refractivity contribution in [2.24, 2.45) is 0 Å². The van der Waals surface area contributed by atoms with E-state index in [1.54, 1.807) is 36.4 Å².